The average molecular weight is 363 g/mol. The van der Waals surface area contributed by atoms with Crippen molar-refractivity contribution in [3.8, 4) is 0 Å². The Morgan fingerprint density at radius 3 is 2.54 bits per heavy atom. The van der Waals surface area contributed by atoms with Crippen molar-refractivity contribution in [2.24, 2.45) is 5.92 Å². The summed E-state index contributed by atoms with van der Waals surface area (Å²) in [4.78, 5) is 11.7. The van der Waals surface area contributed by atoms with Gasteiger partial charge in [-0.25, -0.2) is 0 Å². The molecule has 0 amide bonds. The molecule has 3 aliphatic heterocycles. The number of hydrogen-bond donors (Lipinski definition) is 0. The molecule has 0 saturated carbocycles. The molecule has 146 valence electrons. The molecular weight excluding hydrogens is 328 g/mol. The molecule has 2 bridgehead atoms. The molecule has 0 aromatic carbocycles. The molecule has 0 aliphatic carbocycles. The maximum Gasteiger partial charge on any atom is 0.303 e. The minimum absolute atomic E-state index is 0.0174. The van der Waals surface area contributed by atoms with Crippen molar-refractivity contribution in [3.63, 3.8) is 0 Å². The first kappa shape index (κ1) is 19.6. The average Bonchev–Trinajstić information content (AvgIpc) is 3.28. The Morgan fingerprint density at radius 1 is 1.15 bits per heavy atom. The third kappa shape index (κ3) is 4.40. The van der Waals surface area contributed by atoms with Gasteiger partial charge in [-0.2, -0.15) is 0 Å². The van der Waals surface area contributed by atoms with Crippen molar-refractivity contribution in [1.29, 1.82) is 0 Å². The highest BCUT2D eigenvalue weighted by atomic mass is 16.6. The van der Waals surface area contributed by atoms with Gasteiger partial charge in [0, 0.05) is 12.8 Å². The highest BCUT2D eigenvalue weighted by Gasteiger charge is 2.55. The largest absolute Gasteiger partial charge is 0.459 e. The van der Waals surface area contributed by atoms with E-state index in [0.29, 0.717) is 5.92 Å². The lowest BCUT2D eigenvalue weighted by Crippen LogP contribution is -2.53. The van der Waals surface area contributed by atoms with Crippen molar-refractivity contribution in [1.82, 2.24) is 0 Å². The SMILES string of the molecule is CC(=O)O[C@H]1CC/C(C)=C/CC/C(C)=C/[C@H]2O[C@]1(C)CC[C@@H]2C1(C)CO1. The van der Waals surface area contributed by atoms with Crippen LogP contribution in [0.2, 0.25) is 0 Å². The number of ether oxygens (including phenoxy) is 3. The Labute approximate surface area is 158 Å². The standard InChI is InChI=1S/C22H34O4/c1-15-7-6-8-16(2)13-19-18(22(5)14-24-22)11-12-21(4,26-19)20(10-9-15)25-17(3)23/h7,13,18-20H,6,8-12,14H2,1-5H3/b15-7+,16-13+/t18-,19+,20-,21+,22?/m0/s1. The zero-order valence-corrected chi connectivity index (χ0v) is 17.0. The first-order valence-electron chi connectivity index (χ1n) is 10.0. The minimum atomic E-state index is -0.450. The molecule has 0 aromatic heterocycles. The molecule has 5 atom stereocenters. The Balaban J connectivity index is 1.91. The van der Waals surface area contributed by atoms with Gasteiger partial charge in [-0.1, -0.05) is 23.3 Å². The van der Waals surface area contributed by atoms with Crippen LogP contribution in [0.3, 0.4) is 0 Å². The Bertz CT molecular complexity index is 601. The van der Waals surface area contributed by atoms with Gasteiger partial charge in [0.25, 0.3) is 0 Å². The monoisotopic (exact) mass is 362 g/mol. The molecule has 0 N–H and O–H groups in total. The third-order valence-electron chi connectivity index (χ3n) is 6.41. The van der Waals surface area contributed by atoms with Crippen LogP contribution < -0.4 is 0 Å². The van der Waals surface area contributed by atoms with Crippen molar-refractivity contribution < 1.29 is 19.0 Å². The lowest BCUT2D eigenvalue weighted by Gasteiger charge is -2.47. The van der Waals surface area contributed by atoms with E-state index in [9.17, 15) is 4.79 Å². The number of fused-ring (bicyclic) bond motifs is 2. The molecule has 26 heavy (non-hydrogen) atoms. The van der Waals surface area contributed by atoms with Gasteiger partial charge in [-0.15, -0.1) is 0 Å². The molecule has 3 rings (SSSR count). The fourth-order valence-electron chi connectivity index (χ4n) is 4.49. The molecular formula is C22H34O4. The van der Waals surface area contributed by atoms with Crippen LogP contribution in [0.1, 0.15) is 73.1 Å². The summed E-state index contributed by atoms with van der Waals surface area (Å²) >= 11 is 0. The molecule has 2 fully saturated rings. The summed E-state index contributed by atoms with van der Waals surface area (Å²) in [6, 6.07) is 0. The van der Waals surface area contributed by atoms with Crippen molar-refractivity contribution in [3.05, 3.63) is 23.3 Å². The minimum Gasteiger partial charge on any atom is -0.459 e. The van der Waals surface area contributed by atoms with Crippen LogP contribution >= 0.6 is 0 Å². The normalized spacial score (nSPS) is 45.2. The molecule has 0 spiro atoms. The summed E-state index contributed by atoms with van der Waals surface area (Å²) in [5.74, 6) is 0.139. The van der Waals surface area contributed by atoms with E-state index in [-0.39, 0.29) is 23.8 Å². The van der Waals surface area contributed by atoms with E-state index in [2.05, 4.69) is 39.8 Å². The van der Waals surface area contributed by atoms with E-state index >= 15 is 0 Å². The number of rotatable bonds is 2. The quantitative estimate of drug-likeness (QED) is 0.405. The molecule has 1 unspecified atom stereocenters. The summed E-state index contributed by atoms with van der Waals surface area (Å²) < 4.78 is 18.2. The third-order valence-corrected chi connectivity index (χ3v) is 6.41. The highest BCUT2D eigenvalue weighted by Crippen LogP contribution is 2.48. The van der Waals surface area contributed by atoms with Gasteiger partial charge < -0.3 is 14.2 Å². The molecule has 0 aromatic rings. The fraction of sp³-hybridized carbons (Fsp3) is 0.773. The van der Waals surface area contributed by atoms with E-state index in [0.717, 1.165) is 45.1 Å². The van der Waals surface area contributed by atoms with Gasteiger partial charge in [0.05, 0.1) is 18.3 Å². The van der Waals surface area contributed by atoms with Crippen LogP contribution in [0.25, 0.3) is 0 Å². The summed E-state index contributed by atoms with van der Waals surface area (Å²) in [5.41, 5.74) is 2.21. The number of allylic oxidation sites excluding steroid dienone is 3. The second-order valence-corrected chi connectivity index (χ2v) is 8.88. The van der Waals surface area contributed by atoms with Gasteiger partial charge in [0.2, 0.25) is 0 Å². The molecule has 4 heteroatoms. The second-order valence-electron chi connectivity index (χ2n) is 8.88. The van der Waals surface area contributed by atoms with Crippen LogP contribution in [-0.4, -0.2) is 36.0 Å². The summed E-state index contributed by atoms with van der Waals surface area (Å²) in [6.07, 6.45) is 10.2. The van der Waals surface area contributed by atoms with Crippen LogP contribution in [0.4, 0.5) is 0 Å². The fourth-order valence-corrected chi connectivity index (χ4v) is 4.49. The van der Waals surface area contributed by atoms with Crippen molar-refractivity contribution in [2.75, 3.05) is 6.61 Å². The first-order valence-corrected chi connectivity index (χ1v) is 10.0. The smallest absolute Gasteiger partial charge is 0.303 e. The lowest BCUT2D eigenvalue weighted by molar-refractivity contribution is -0.202. The molecule has 3 aliphatic rings. The van der Waals surface area contributed by atoms with Gasteiger partial charge in [-0.3, -0.25) is 4.79 Å². The number of esters is 1. The highest BCUT2D eigenvalue weighted by molar-refractivity contribution is 5.66. The Kier molecular flexibility index (Phi) is 5.64. The summed E-state index contributed by atoms with van der Waals surface area (Å²) in [5, 5.41) is 0. The van der Waals surface area contributed by atoms with Gasteiger partial charge in [0.15, 0.2) is 0 Å². The second kappa shape index (κ2) is 7.47. The van der Waals surface area contributed by atoms with Crippen LogP contribution in [0.15, 0.2) is 23.3 Å². The van der Waals surface area contributed by atoms with E-state index in [1.54, 1.807) is 0 Å². The number of epoxide rings is 1. The van der Waals surface area contributed by atoms with Gasteiger partial charge >= 0.3 is 5.97 Å². The predicted molar refractivity (Wildman–Crippen MR) is 102 cm³/mol. The predicted octanol–water partition coefficient (Wildman–Crippen LogP) is 4.73. The van der Waals surface area contributed by atoms with Crippen molar-refractivity contribution >= 4 is 5.97 Å². The number of carbonyl (C=O) groups excluding carboxylic acids is 1. The topological polar surface area (TPSA) is 48.1 Å². The van der Waals surface area contributed by atoms with E-state index in [4.69, 9.17) is 14.2 Å². The number of carbonyl (C=O) groups is 1. The van der Waals surface area contributed by atoms with E-state index in [1.807, 2.05) is 0 Å². The number of hydrogen-bond acceptors (Lipinski definition) is 4. The zero-order chi connectivity index (χ0) is 18.9. The molecule has 0 radical (unpaired) electrons. The molecule has 4 nitrogen and oxygen atoms in total. The summed E-state index contributed by atoms with van der Waals surface area (Å²) in [7, 11) is 0. The lowest BCUT2D eigenvalue weighted by atomic mass is 9.76. The Morgan fingerprint density at radius 2 is 1.88 bits per heavy atom. The maximum absolute atomic E-state index is 11.7. The van der Waals surface area contributed by atoms with Gasteiger partial charge in [-0.05, 0) is 66.2 Å². The van der Waals surface area contributed by atoms with Crippen LogP contribution in [0, 0.1) is 5.92 Å². The Hall–Kier alpha value is -1.13. The zero-order valence-electron chi connectivity index (χ0n) is 17.0. The van der Waals surface area contributed by atoms with E-state index < -0.39 is 5.60 Å². The summed E-state index contributed by atoms with van der Waals surface area (Å²) in [6.45, 7) is 11.0. The first-order chi connectivity index (χ1) is 12.2. The van der Waals surface area contributed by atoms with E-state index in [1.165, 1.54) is 18.1 Å². The molecule has 3 heterocycles. The van der Waals surface area contributed by atoms with Gasteiger partial charge in [0.1, 0.15) is 11.7 Å². The van der Waals surface area contributed by atoms with Crippen molar-refractivity contribution in [2.45, 2.75) is 96.6 Å². The van der Waals surface area contributed by atoms with Crippen LogP contribution in [-0.2, 0) is 19.0 Å². The molecule has 2 saturated heterocycles. The van der Waals surface area contributed by atoms with Crippen LogP contribution in [0.5, 0.6) is 0 Å². The maximum atomic E-state index is 11.7.